The smallest absolute Gasteiger partial charge is 0.283 e. The topological polar surface area (TPSA) is 38.7 Å². The highest BCUT2D eigenvalue weighted by Crippen LogP contribution is 2.38. The van der Waals surface area contributed by atoms with Gasteiger partial charge in [-0.1, -0.05) is 0 Å². The van der Waals surface area contributed by atoms with Gasteiger partial charge in [-0.2, -0.15) is 0 Å². The molecular formula is C6H10O3. The van der Waals surface area contributed by atoms with Crippen molar-refractivity contribution in [3.05, 3.63) is 0 Å². The normalized spacial score (nSPS) is 49.7. The Hall–Kier alpha value is -0.120. The molecule has 0 aromatic rings. The Kier molecular flexibility index (Phi) is 1.06. The van der Waals surface area contributed by atoms with Crippen LogP contribution in [0, 0.1) is 5.92 Å². The maximum absolute atomic E-state index is 9.39. The Morgan fingerprint density at radius 3 is 2.22 bits per heavy atom. The van der Waals surface area contributed by atoms with Crippen molar-refractivity contribution in [3.8, 4) is 0 Å². The van der Waals surface area contributed by atoms with E-state index in [-0.39, 0.29) is 5.92 Å². The summed E-state index contributed by atoms with van der Waals surface area (Å²) in [5.41, 5.74) is 0. The first-order chi connectivity index (χ1) is 4.31. The van der Waals surface area contributed by atoms with E-state index in [9.17, 15) is 5.11 Å². The summed E-state index contributed by atoms with van der Waals surface area (Å²) in [7, 11) is 0. The summed E-state index contributed by atoms with van der Waals surface area (Å²) in [5, 5.41) is 9.39. The van der Waals surface area contributed by atoms with Gasteiger partial charge in [0.2, 0.25) is 0 Å². The van der Waals surface area contributed by atoms with Gasteiger partial charge in [-0.3, -0.25) is 0 Å². The number of rotatable bonds is 0. The quantitative estimate of drug-likeness (QED) is 0.505. The third-order valence-corrected chi connectivity index (χ3v) is 2.07. The summed E-state index contributed by atoms with van der Waals surface area (Å²) < 4.78 is 10.00. The van der Waals surface area contributed by atoms with E-state index >= 15 is 0 Å². The minimum absolute atomic E-state index is 0.234. The highest BCUT2D eigenvalue weighted by Gasteiger charge is 2.48. The van der Waals surface area contributed by atoms with E-state index in [1.807, 2.05) is 0 Å². The summed E-state index contributed by atoms with van der Waals surface area (Å²) in [6.45, 7) is 1.28. The van der Waals surface area contributed by atoms with E-state index in [4.69, 9.17) is 9.47 Å². The van der Waals surface area contributed by atoms with Crippen LogP contribution in [0.15, 0.2) is 0 Å². The molecule has 0 bridgehead atoms. The molecule has 2 rings (SSSR count). The minimum atomic E-state index is -1.19. The lowest BCUT2D eigenvalue weighted by Crippen LogP contribution is -2.31. The van der Waals surface area contributed by atoms with Gasteiger partial charge >= 0.3 is 0 Å². The molecule has 0 radical (unpaired) electrons. The van der Waals surface area contributed by atoms with Gasteiger partial charge in [0.15, 0.2) is 0 Å². The van der Waals surface area contributed by atoms with Gasteiger partial charge in [0.1, 0.15) is 0 Å². The monoisotopic (exact) mass is 130 g/mol. The molecule has 2 aliphatic rings. The van der Waals surface area contributed by atoms with Crippen molar-refractivity contribution < 1.29 is 14.6 Å². The number of hydrogen-bond donors (Lipinski definition) is 1. The van der Waals surface area contributed by atoms with E-state index in [1.54, 1.807) is 0 Å². The van der Waals surface area contributed by atoms with Crippen LogP contribution in [0.2, 0.25) is 0 Å². The molecule has 0 aromatic carbocycles. The van der Waals surface area contributed by atoms with Gasteiger partial charge in [0, 0.05) is 5.92 Å². The molecule has 0 spiro atoms. The molecule has 2 saturated heterocycles. The highest BCUT2D eigenvalue weighted by atomic mass is 16.8. The van der Waals surface area contributed by atoms with Crippen LogP contribution in [-0.4, -0.2) is 24.3 Å². The molecule has 0 amide bonds. The molecule has 52 valence electrons. The number of aliphatic hydroxyl groups is 1. The summed E-state index contributed by atoms with van der Waals surface area (Å²) in [6.07, 6.45) is 1.88. The summed E-state index contributed by atoms with van der Waals surface area (Å²) in [4.78, 5) is 0. The molecule has 0 unspecified atom stereocenters. The Morgan fingerprint density at radius 2 is 1.78 bits per heavy atom. The van der Waals surface area contributed by atoms with Crippen molar-refractivity contribution in [2.45, 2.75) is 18.8 Å². The van der Waals surface area contributed by atoms with Crippen LogP contribution in [0.25, 0.3) is 0 Å². The van der Waals surface area contributed by atoms with Crippen LogP contribution in [0.5, 0.6) is 0 Å². The molecule has 0 atom stereocenters. The number of ether oxygens (including phenoxy) is 2. The second-order valence-corrected chi connectivity index (χ2v) is 2.60. The zero-order valence-electron chi connectivity index (χ0n) is 5.17. The van der Waals surface area contributed by atoms with Gasteiger partial charge in [-0.05, 0) is 12.8 Å². The Balaban J connectivity index is 2.17. The zero-order chi connectivity index (χ0) is 6.32. The van der Waals surface area contributed by atoms with Gasteiger partial charge < -0.3 is 14.6 Å². The van der Waals surface area contributed by atoms with Crippen LogP contribution < -0.4 is 0 Å². The third kappa shape index (κ3) is 0.689. The van der Waals surface area contributed by atoms with Gasteiger partial charge in [0.25, 0.3) is 5.97 Å². The molecule has 2 aliphatic heterocycles. The summed E-state index contributed by atoms with van der Waals surface area (Å²) >= 11 is 0. The van der Waals surface area contributed by atoms with Crippen LogP contribution in [0.4, 0.5) is 0 Å². The fourth-order valence-electron chi connectivity index (χ4n) is 1.48. The average Bonchev–Trinajstić information content (AvgIpc) is 2.22. The van der Waals surface area contributed by atoms with E-state index in [1.165, 1.54) is 0 Å². The van der Waals surface area contributed by atoms with Crippen molar-refractivity contribution in [3.63, 3.8) is 0 Å². The summed E-state index contributed by atoms with van der Waals surface area (Å²) in [6, 6.07) is 0. The molecule has 0 aromatic heterocycles. The standard InChI is InChI=1S/C6H10O3/c7-6-5(1-3-8-6)2-4-9-6/h5,7H,1-4H2. The molecule has 9 heavy (non-hydrogen) atoms. The van der Waals surface area contributed by atoms with Crippen molar-refractivity contribution in [2.75, 3.05) is 13.2 Å². The van der Waals surface area contributed by atoms with Crippen molar-refractivity contribution in [1.82, 2.24) is 0 Å². The van der Waals surface area contributed by atoms with E-state index in [0.29, 0.717) is 13.2 Å². The van der Waals surface area contributed by atoms with Gasteiger partial charge in [-0.15, -0.1) is 0 Å². The largest absolute Gasteiger partial charge is 0.343 e. The maximum atomic E-state index is 9.39. The number of hydrogen-bond acceptors (Lipinski definition) is 3. The Bertz CT molecular complexity index is 113. The lowest BCUT2D eigenvalue weighted by atomic mass is 10.1. The lowest BCUT2D eigenvalue weighted by molar-refractivity contribution is -0.330. The second-order valence-electron chi connectivity index (χ2n) is 2.60. The molecule has 2 fully saturated rings. The average molecular weight is 130 g/mol. The van der Waals surface area contributed by atoms with Gasteiger partial charge in [0.05, 0.1) is 13.2 Å². The molecular weight excluding hydrogens is 120 g/mol. The lowest BCUT2D eigenvalue weighted by Gasteiger charge is -2.18. The predicted molar refractivity (Wildman–Crippen MR) is 29.6 cm³/mol. The molecule has 3 heteroatoms. The van der Waals surface area contributed by atoms with Crippen LogP contribution in [-0.2, 0) is 9.47 Å². The molecule has 0 saturated carbocycles. The van der Waals surface area contributed by atoms with Crippen molar-refractivity contribution in [2.24, 2.45) is 5.92 Å². The first kappa shape index (κ1) is 5.65. The van der Waals surface area contributed by atoms with E-state index < -0.39 is 5.97 Å². The van der Waals surface area contributed by atoms with Gasteiger partial charge in [-0.25, -0.2) is 0 Å². The van der Waals surface area contributed by atoms with Crippen LogP contribution >= 0.6 is 0 Å². The van der Waals surface area contributed by atoms with Crippen molar-refractivity contribution >= 4 is 0 Å². The minimum Gasteiger partial charge on any atom is -0.343 e. The van der Waals surface area contributed by atoms with Crippen molar-refractivity contribution in [1.29, 1.82) is 0 Å². The first-order valence-electron chi connectivity index (χ1n) is 3.31. The highest BCUT2D eigenvalue weighted by molar-refractivity contribution is 4.80. The summed E-state index contributed by atoms with van der Waals surface area (Å²) in [5.74, 6) is -0.961. The fourth-order valence-corrected chi connectivity index (χ4v) is 1.48. The molecule has 2 heterocycles. The SMILES string of the molecule is OC12OCCC1CCO2. The third-order valence-electron chi connectivity index (χ3n) is 2.07. The zero-order valence-corrected chi connectivity index (χ0v) is 5.17. The Labute approximate surface area is 53.6 Å². The Morgan fingerprint density at radius 1 is 1.22 bits per heavy atom. The van der Waals surface area contributed by atoms with E-state index in [0.717, 1.165) is 12.8 Å². The second kappa shape index (κ2) is 1.68. The van der Waals surface area contributed by atoms with Crippen LogP contribution in [0.3, 0.4) is 0 Å². The predicted octanol–water partition coefficient (Wildman–Crippen LogP) is 0.0893. The number of fused-ring (bicyclic) bond motifs is 1. The fraction of sp³-hybridized carbons (Fsp3) is 1.00. The first-order valence-corrected chi connectivity index (χ1v) is 3.31. The van der Waals surface area contributed by atoms with E-state index in [2.05, 4.69) is 0 Å². The molecule has 0 aliphatic carbocycles. The van der Waals surface area contributed by atoms with Crippen LogP contribution in [0.1, 0.15) is 12.8 Å². The molecule has 1 N–H and O–H groups in total. The maximum Gasteiger partial charge on any atom is 0.283 e. The molecule has 3 nitrogen and oxygen atoms in total.